The molecule has 1 saturated heterocycles. The van der Waals surface area contributed by atoms with Crippen molar-refractivity contribution in [1.29, 1.82) is 0 Å². The maximum atomic E-state index is 12.4. The first-order valence-electron chi connectivity index (χ1n) is 8.06. The third-order valence-corrected chi connectivity index (χ3v) is 4.71. The number of aliphatic carboxylic acids is 1. The second-order valence-electron chi connectivity index (χ2n) is 6.36. The van der Waals surface area contributed by atoms with E-state index in [2.05, 4.69) is 19.1 Å². The normalized spacial score (nSPS) is 23.1. The molecule has 22 heavy (non-hydrogen) atoms. The van der Waals surface area contributed by atoms with Gasteiger partial charge in [0, 0.05) is 19.0 Å². The van der Waals surface area contributed by atoms with Crippen LogP contribution in [0.3, 0.4) is 0 Å². The van der Waals surface area contributed by atoms with E-state index in [1.54, 1.807) is 4.90 Å². The number of rotatable bonds is 5. The summed E-state index contributed by atoms with van der Waals surface area (Å²) in [5.41, 5.74) is 1.24. The standard InChI is InChI=1S/C18H25NO3/c1-13(15-6-4-3-5-7-15)8-11-17(20)19-12-16(18(21)22)10-9-14(19)2/h3-7,13-14,16H,8-12H2,1-2H3,(H,21,22). The molecule has 1 N–H and O–H groups in total. The van der Waals surface area contributed by atoms with E-state index >= 15 is 0 Å². The Morgan fingerprint density at radius 1 is 1.27 bits per heavy atom. The summed E-state index contributed by atoms with van der Waals surface area (Å²) < 4.78 is 0. The van der Waals surface area contributed by atoms with Gasteiger partial charge in [0.25, 0.3) is 0 Å². The highest BCUT2D eigenvalue weighted by atomic mass is 16.4. The van der Waals surface area contributed by atoms with Crippen molar-refractivity contribution in [2.45, 2.75) is 51.5 Å². The van der Waals surface area contributed by atoms with Crippen molar-refractivity contribution in [3.05, 3.63) is 35.9 Å². The van der Waals surface area contributed by atoms with E-state index in [-0.39, 0.29) is 11.9 Å². The van der Waals surface area contributed by atoms with E-state index in [4.69, 9.17) is 5.11 Å². The van der Waals surface area contributed by atoms with Crippen molar-refractivity contribution < 1.29 is 14.7 Å². The van der Waals surface area contributed by atoms with Crippen LogP contribution in [0.15, 0.2) is 30.3 Å². The van der Waals surface area contributed by atoms with Crippen molar-refractivity contribution in [1.82, 2.24) is 4.90 Å². The van der Waals surface area contributed by atoms with Crippen molar-refractivity contribution >= 4 is 11.9 Å². The molecule has 1 aromatic carbocycles. The maximum absolute atomic E-state index is 12.4. The molecule has 2 rings (SSSR count). The van der Waals surface area contributed by atoms with Crippen LogP contribution in [0.5, 0.6) is 0 Å². The third kappa shape index (κ3) is 4.09. The first-order chi connectivity index (χ1) is 10.5. The fourth-order valence-corrected chi connectivity index (χ4v) is 3.09. The summed E-state index contributed by atoms with van der Waals surface area (Å²) in [6, 6.07) is 10.3. The second kappa shape index (κ2) is 7.43. The molecule has 4 heteroatoms. The van der Waals surface area contributed by atoms with Crippen LogP contribution < -0.4 is 0 Å². The van der Waals surface area contributed by atoms with Crippen LogP contribution in [0.25, 0.3) is 0 Å². The number of carboxylic acid groups (broad SMARTS) is 1. The quantitative estimate of drug-likeness (QED) is 0.908. The van der Waals surface area contributed by atoms with Gasteiger partial charge in [0.1, 0.15) is 0 Å². The molecule has 1 aliphatic rings. The van der Waals surface area contributed by atoms with Crippen molar-refractivity contribution in [3.63, 3.8) is 0 Å². The lowest BCUT2D eigenvalue weighted by Gasteiger charge is -2.36. The van der Waals surface area contributed by atoms with E-state index in [1.165, 1.54) is 5.56 Å². The first kappa shape index (κ1) is 16.5. The fourth-order valence-electron chi connectivity index (χ4n) is 3.09. The Morgan fingerprint density at radius 3 is 2.59 bits per heavy atom. The molecule has 4 nitrogen and oxygen atoms in total. The minimum Gasteiger partial charge on any atom is -0.481 e. The lowest BCUT2D eigenvalue weighted by atomic mass is 9.92. The summed E-state index contributed by atoms with van der Waals surface area (Å²) in [5.74, 6) is -0.782. The van der Waals surface area contributed by atoms with Gasteiger partial charge in [-0.2, -0.15) is 0 Å². The summed E-state index contributed by atoms with van der Waals surface area (Å²) in [4.78, 5) is 25.4. The molecule has 1 heterocycles. The molecule has 3 unspecified atom stereocenters. The SMILES string of the molecule is CC(CCC(=O)N1CC(C(=O)O)CCC1C)c1ccccc1. The van der Waals surface area contributed by atoms with Crippen molar-refractivity contribution in [2.24, 2.45) is 5.92 Å². The van der Waals surface area contributed by atoms with E-state index in [1.807, 2.05) is 25.1 Å². The number of likely N-dealkylation sites (tertiary alicyclic amines) is 1. The summed E-state index contributed by atoms with van der Waals surface area (Å²) in [5, 5.41) is 9.15. The molecule has 0 spiro atoms. The Labute approximate surface area is 132 Å². The van der Waals surface area contributed by atoms with Gasteiger partial charge >= 0.3 is 5.97 Å². The maximum Gasteiger partial charge on any atom is 0.308 e. The van der Waals surface area contributed by atoms with Gasteiger partial charge in [-0.3, -0.25) is 9.59 Å². The molecule has 120 valence electrons. The van der Waals surface area contributed by atoms with Crippen LogP contribution >= 0.6 is 0 Å². The van der Waals surface area contributed by atoms with E-state index in [9.17, 15) is 9.59 Å². The summed E-state index contributed by atoms with van der Waals surface area (Å²) >= 11 is 0. The Balaban J connectivity index is 1.89. The lowest BCUT2D eigenvalue weighted by molar-refractivity contribution is -0.147. The summed E-state index contributed by atoms with van der Waals surface area (Å²) in [7, 11) is 0. The number of carbonyl (C=O) groups is 2. The van der Waals surface area contributed by atoms with Crippen LogP contribution in [-0.4, -0.2) is 34.5 Å². The molecule has 0 bridgehead atoms. The average Bonchev–Trinajstić information content (AvgIpc) is 2.53. The van der Waals surface area contributed by atoms with Gasteiger partial charge in [0.05, 0.1) is 5.92 Å². The summed E-state index contributed by atoms with van der Waals surface area (Å²) in [6.07, 6.45) is 2.72. The largest absolute Gasteiger partial charge is 0.481 e. The third-order valence-electron chi connectivity index (χ3n) is 4.71. The molecule has 1 amide bonds. The molecule has 1 aliphatic heterocycles. The lowest BCUT2D eigenvalue weighted by Crippen LogP contribution is -2.47. The molecule has 0 aromatic heterocycles. The highest BCUT2D eigenvalue weighted by Gasteiger charge is 2.32. The number of benzene rings is 1. The summed E-state index contributed by atoms with van der Waals surface area (Å²) in [6.45, 7) is 4.49. The number of piperidine rings is 1. The topological polar surface area (TPSA) is 57.6 Å². The molecule has 1 aromatic rings. The monoisotopic (exact) mass is 303 g/mol. The number of nitrogens with zero attached hydrogens (tertiary/aromatic N) is 1. The van der Waals surface area contributed by atoms with Crippen LogP contribution in [-0.2, 0) is 9.59 Å². The number of carboxylic acids is 1. The Hall–Kier alpha value is -1.84. The first-order valence-corrected chi connectivity index (χ1v) is 8.06. The zero-order chi connectivity index (χ0) is 16.1. The number of hydrogen-bond acceptors (Lipinski definition) is 2. The van der Waals surface area contributed by atoms with Crippen LogP contribution in [0.4, 0.5) is 0 Å². The second-order valence-corrected chi connectivity index (χ2v) is 6.36. The zero-order valence-electron chi connectivity index (χ0n) is 13.4. The predicted molar refractivity (Wildman–Crippen MR) is 85.6 cm³/mol. The molecule has 3 atom stereocenters. The molecular formula is C18H25NO3. The van der Waals surface area contributed by atoms with Crippen LogP contribution in [0, 0.1) is 5.92 Å². The Bertz CT molecular complexity index is 514. The fraction of sp³-hybridized carbons (Fsp3) is 0.556. The van der Waals surface area contributed by atoms with Gasteiger partial charge in [0.2, 0.25) is 5.91 Å². The predicted octanol–water partition coefficient (Wildman–Crippen LogP) is 3.28. The van der Waals surface area contributed by atoms with Gasteiger partial charge in [-0.15, -0.1) is 0 Å². The van der Waals surface area contributed by atoms with Gasteiger partial charge in [-0.25, -0.2) is 0 Å². The van der Waals surface area contributed by atoms with Crippen LogP contribution in [0.2, 0.25) is 0 Å². The molecule has 0 saturated carbocycles. The Morgan fingerprint density at radius 2 is 1.95 bits per heavy atom. The van der Waals surface area contributed by atoms with E-state index < -0.39 is 11.9 Å². The Kier molecular flexibility index (Phi) is 5.58. The zero-order valence-corrected chi connectivity index (χ0v) is 13.4. The van der Waals surface area contributed by atoms with Crippen molar-refractivity contribution in [3.8, 4) is 0 Å². The number of amides is 1. The van der Waals surface area contributed by atoms with Gasteiger partial charge in [0.15, 0.2) is 0 Å². The van der Waals surface area contributed by atoms with Crippen LogP contribution in [0.1, 0.15) is 51.0 Å². The van der Waals surface area contributed by atoms with E-state index in [0.717, 1.165) is 12.8 Å². The minimum absolute atomic E-state index is 0.0845. The molecular weight excluding hydrogens is 278 g/mol. The highest BCUT2D eigenvalue weighted by molar-refractivity contribution is 5.78. The number of carbonyl (C=O) groups excluding carboxylic acids is 1. The smallest absolute Gasteiger partial charge is 0.308 e. The molecule has 0 radical (unpaired) electrons. The van der Waals surface area contributed by atoms with Gasteiger partial charge in [-0.1, -0.05) is 37.3 Å². The van der Waals surface area contributed by atoms with Crippen molar-refractivity contribution in [2.75, 3.05) is 6.54 Å². The van der Waals surface area contributed by atoms with Gasteiger partial charge in [-0.05, 0) is 37.7 Å². The average molecular weight is 303 g/mol. The molecule has 0 aliphatic carbocycles. The minimum atomic E-state index is -0.789. The highest BCUT2D eigenvalue weighted by Crippen LogP contribution is 2.25. The molecule has 1 fully saturated rings. The van der Waals surface area contributed by atoms with E-state index in [0.29, 0.717) is 25.3 Å². The number of hydrogen-bond donors (Lipinski definition) is 1. The van der Waals surface area contributed by atoms with Gasteiger partial charge < -0.3 is 10.0 Å².